The summed E-state index contributed by atoms with van der Waals surface area (Å²) in [6.45, 7) is 3.89. The maximum Gasteiger partial charge on any atom is 0.315 e. The summed E-state index contributed by atoms with van der Waals surface area (Å²) in [7, 11) is 0. The van der Waals surface area contributed by atoms with Crippen LogP contribution >= 0.6 is 11.3 Å². The molecular weight excluding hydrogens is 308 g/mol. The number of aromatic nitrogens is 1. The molecule has 0 aliphatic carbocycles. The summed E-state index contributed by atoms with van der Waals surface area (Å²) in [6, 6.07) is 2.50. The van der Waals surface area contributed by atoms with Crippen molar-refractivity contribution in [3.63, 3.8) is 0 Å². The van der Waals surface area contributed by atoms with Gasteiger partial charge in [0.15, 0.2) is 0 Å². The fourth-order valence-electron chi connectivity index (χ4n) is 1.90. The fourth-order valence-corrected chi connectivity index (χ4v) is 2.74. The molecule has 2 aromatic rings. The molecule has 118 valence electrons. The van der Waals surface area contributed by atoms with Crippen molar-refractivity contribution < 1.29 is 13.6 Å². The van der Waals surface area contributed by atoms with Gasteiger partial charge >= 0.3 is 6.03 Å². The molecule has 2 amide bonds. The zero-order valence-corrected chi connectivity index (χ0v) is 13.1. The highest BCUT2D eigenvalue weighted by Gasteiger charge is 2.12. The van der Waals surface area contributed by atoms with Crippen LogP contribution < -0.4 is 10.6 Å². The average Bonchev–Trinajstić information content (AvgIpc) is 2.93. The number of thiazole rings is 1. The Kier molecular flexibility index (Phi) is 5.43. The summed E-state index contributed by atoms with van der Waals surface area (Å²) < 4.78 is 26.1. The van der Waals surface area contributed by atoms with E-state index in [0.717, 1.165) is 23.2 Å². The molecule has 1 aromatic carbocycles. The van der Waals surface area contributed by atoms with Crippen LogP contribution in [0.4, 0.5) is 13.6 Å². The predicted molar refractivity (Wildman–Crippen MR) is 81.6 cm³/mol. The number of carbonyl (C=O) groups is 1. The van der Waals surface area contributed by atoms with Crippen molar-refractivity contribution >= 4 is 17.4 Å². The first-order valence-corrected chi connectivity index (χ1v) is 7.79. The van der Waals surface area contributed by atoms with E-state index in [2.05, 4.69) is 15.6 Å². The van der Waals surface area contributed by atoms with Crippen molar-refractivity contribution in [1.82, 2.24) is 15.6 Å². The Morgan fingerprint density at radius 3 is 2.59 bits per heavy atom. The minimum absolute atomic E-state index is 0.0461. The predicted octanol–water partition coefficient (Wildman–Crippen LogP) is 3.54. The summed E-state index contributed by atoms with van der Waals surface area (Å²) in [6.07, 6.45) is 0.856. The third-order valence-electron chi connectivity index (χ3n) is 3.04. The molecule has 2 rings (SSSR count). The van der Waals surface area contributed by atoms with E-state index in [0.29, 0.717) is 5.56 Å². The molecule has 1 aromatic heterocycles. The summed E-state index contributed by atoms with van der Waals surface area (Å²) in [5.41, 5.74) is 1.16. The summed E-state index contributed by atoms with van der Waals surface area (Å²) in [4.78, 5) is 16.2. The summed E-state index contributed by atoms with van der Waals surface area (Å²) in [5, 5.41) is 8.23. The molecule has 0 spiro atoms. The van der Waals surface area contributed by atoms with Gasteiger partial charge in [-0.15, -0.1) is 11.3 Å². The monoisotopic (exact) mass is 325 g/mol. The van der Waals surface area contributed by atoms with E-state index in [1.165, 1.54) is 12.1 Å². The van der Waals surface area contributed by atoms with E-state index in [4.69, 9.17) is 0 Å². The lowest BCUT2D eigenvalue weighted by Crippen LogP contribution is -2.36. The molecule has 4 nitrogen and oxygen atoms in total. The van der Waals surface area contributed by atoms with Crippen LogP contribution in [0.5, 0.6) is 0 Å². The van der Waals surface area contributed by atoms with Crippen LogP contribution in [0.2, 0.25) is 0 Å². The normalized spacial score (nSPS) is 12.0. The van der Waals surface area contributed by atoms with Gasteiger partial charge in [-0.1, -0.05) is 6.92 Å². The van der Waals surface area contributed by atoms with E-state index >= 15 is 0 Å². The number of nitrogens with one attached hydrogen (secondary N) is 2. The summed E-state index contributed by atoms with van der Waals surface area (Å²) >= 11 is 1.55. The molecule has 2 N–H and O–H groups in total. The van der Waals surface area contributed by atoms with Crippen molar-refractivity contribution in [1.29, 1.82) is 0 Å². The third-order valence-corrected chi connectivity index (χ3v) is 4.05. The van der Waals surface area contributed by atoms with E-state index < -0.39 is 17.7 Å². The minimum atomic E-state index is -0.667. The molecule has 0 saturated heterocycles. The highest BCUT2D eigenvalue weighted by Crippen LogP contribution is 2.16. The molecular formula is C15H17F2N3OS. The number of halogens is 2. The number of amides is 2. The Morgan fingerprint density at radius 1 is 1.32 bits per heavy atom. The number of carbonyl (C=O) groups excluding carboxylic acids is 1. The first-order valence-electron chi connectivity index (χ1n) is 6.91. The lowest BCUT2D eigenvalue weighted by molar-refractivity contribution is 0.237. The molecule has 7 heteroatoms. The first kappa shape index (κ1) is 16.4. The Bertz CT molecular complexity index is 640. The first-order chi connectivity index (χ1) is 10.5. The van der Waals surface area contributed by atoms with Crippen molar-refractivity contribution in [2.75, 3.05) is 0 Å². The Morgan fingerprint density at radius 2 is 2.00 bits per heavy atom. The smallest absolute Gasteiger partial charge is 0.315 e. The lowest BCUT2D eigenvalue weighted by atomic mass is 10.2. The van der Waals surface area contributed by atoms with Crippen LogP contribution in [0.15, 0.2) is 23.6 Å². The molecule has 1 atom stereocenters. The average molecular weight is 325 g/mol. The van der Waals surface area contributed by atoms with Gasteiger partial charge in [-0.3, -0.25) is 0 Å². The van der Waals surface area contributed by atoms with Crippen LogP contribution in [0.3, 0.4) is 0 Å². The number of hydrogen-bond acceptors (Lipinski definition) is 3. The van der Waals surface area contributed by atoms with E-state index in [1.54, 1.807) is 11.3 Å². The second kappa shape index (κ2) is 7.31. The van der Waals surface area contributed by atoms with Crippen molar-refractivity contribution in [3.8, 4) is 0 Å². The third kappa shape index (κ3) is 4.49. The molecule has 0 saturated carbocycles. The van der Waals surface area contributed by atoms with E-state index in [9.17, 15) is 13.6 Å². The van der Waals surface area contributed by atoms with Gasteiger partial charge in [0.1, 0.15) is 11.6 Å². The maximum absolute atomic E-state index is 13.0. The van der Waals surface area contributed by atoms with Crippen molar-refractivity contribution in [2.45, 2.75) is 32.9 Å². The molecule has 0 fully saturated rings. The molecule has 0 aliphatic heterocycles. The molecule has 0 aliphatic rings. The number of rotatable bonds is 5. The molecule has 0 bridgehead atoms. The number of urea groups is 1. The molecule has 0 radical (unpaired) electrons. The lowest BCUT2D eigenvalue weighted by Gasteiger charge is -2.13. The molecule has 0 unspecified atom stereocenters. The van der Waals surface area contributed by atoms with E-state index in [1.807, 2.05) is 19.2 Å². The second-order valence-corrected chi connectivity index (χ2v) is 5.79. The van der Waals surface area contributed by atoms with Gasteiger partial charge < -0.3 is 10.6 Å². The number of hydrogen-bond donors (Lipinski definition) is 2. The Labute approximate surface area is 131 Å². The second-order valence-electron chi connectivity index (χ2n) is 4.85. The standard InChI is InChI=1S/C15H17F2N3OS/c1-3-14-20-13(8-22-14)9(2)19-15(21)18-7-10-4-11(16)6-12(17)5-10/h4-6,8-9H,3,7H2,1-2H3,(H2,18,19,21)/t9-/m1/s1. The number of aryl methyl sites for hydroxylation is 1. The van der Waals surface area contributed by atoms with Gasteiger partial charge in [0.05, 0.1) is 16.7 Å². The quantitative estimate of drug-likeness (QED) is 0.883. The van der Waals surface area contributed by atoms with Crippen molar-refractivity contribution in [3.05, 3.63) is 51.5 Å². The molecule has 1 heterocycles. The zero-order chi connectivity index (χ0) is 16.1. The highest BCUT2D eigenvalue weighted by molar-refractivity contribution is 7.09. The van der Waals surface area contributed by atoms with Gasteiger partial charge in [0.25, 0.3) is 0 Å². The van der Waals surface area contributed by atoms with Gasteiger partial charge in [0, 0.05) is 18.0 Å². The van der Waals surface area contributed by atoms with Crippen LogP contribution in [0.25, 0.3) is 0 Å². The highest BCUT2D eigenvalue weighted by atomic mass is 32.1. The number of benzene rings is 1. The topological polar surface area (TPSA) is 54.0 Å². The van der Waals surface area contributed by atoms with Gasteiger partial charge in [-0.25, -0.2) is 18.6 Å². The van der Waals surface area contributed by atoms with Gasteiger partial charge in [-0.05, 0) is 31.0 Å². The van der Waals surface area contributed by atoms with Gasteiger partial charge in [0.2, 0.25) is 0 Å². The van der Waals surface area contributed by atoms with Crippen LogP contribution in [-0.4, -0.2) is 11.0 Å². The van der Waals surface area contributed by atoms with Gasteiger partial charge in [-0.2, -0.15) is 0 Å². The summed E-state index contributed by atoms with van der Waals surface area (Å²) in [5.74, 6) is -1.33. The largest absolute Gasteiger partial charge is 0.334 e. The number of nitrogens with zero attached hydrogens (tertiary/aromatic N) is 1. The fraction of sp³-hybridized carbons (Fsp3) is 0.333. The Hall–Kier alpha value is -2.02. The van der Waals surface area contributed by atoms with Crippen LogP contribution in [-0.2, 0) is 13.0 Å². The van der Waals surface area contributed by atoms with Crippen molar-refractivity contribution in [2.24, 2.45) is 0 Å². The molecule has 22 heavy (non-hydrogen) atoms. The van der Waals surface area contributed by atoms with Crippen LogP contribution in [0.1, 0.15) is 36.2 Å². The maximum atomic E-state index is 13.0. The van der Waals surface area contributed by atoms with Crippen LogP contribution in [0, 0.1) is 11.6 Å². The Balaban J connectivity index is 1.87. The zero-order valence-electron chi connectivity index (χ0n) is 12.3. The minimum Gasteiger partial charge on any atom is -0.334 e. The SMILES string of the molecule is CCc1nc([C@@H](C)NC(=O)NCc2cc(F)cc(F)c2)cs1. The van der Waals surface area contributed by atoms with E-state index in [-0.39, 0.29) is 12.6 Å².